The maximum atomic E-state index is 12.3. The molecule has 0 radical (unpaired) electrons. The van der Waals surface area contributed by atoms with Crippen LogP contribution >= 0.6 is 0 Å². The molecule has 1 amide bonds. The Morgan fingerprint density at radius 1 is 1.29 bits per heavy atom. The van der Waals surface area contributed by atoms with E-state index in [1.54, 1.807) is 30.5 Å². The number of nitrogens with one attached hydrogen (secondary N) is 1. The second-order valence-corrected chi connectivity index (χ2v) is 4.88. The fourth-order valence-corrected chi connectivity index (χ4v) is 2.20. The molecule has 0 aliphatic heterocycles. The number of hydrogen-bond acceptors (Lipinski definition) is 3. The third-order valence-electron chi connectivity index (χ3n) is 3.34. The number of aliphatic carboxylic acids is 1. The first-order valence-electron chi connectivity index (χ1n) is 7.01. The lowest BCUT2D eigenvalue weighted by Crippen LogP contribution is -2.40. The summed E-state index contributed by atoms with van der Waals surface area (Å²) >= 11 is 0. The van der Waals surface area contributed by atoms with Crippen LogP contribution in [0.15, 0.2) is 36.5 Å². The molecule has 0 aliphatic rings. The van der Waals surface area contributed by atoms with Gasteiger partial charge in [0.15, 0.2) is 0 Å². The summed E-state index contributed by atoms with van der Waals surface area (Å²) in [7, 11) is 0. The second kappa shape index (κ2) is 6.83. The fourth-order valence-electron chi connectivity index (χ4n) is 2.20. The average molecular weight is 286 g/mol. The number of amides is 1. The van der Waals surface area contributed by atoms with Crippen molar-refractivity contribution in [3.05, 3.63) is 42.1 Å². The molecule has 21 heavy (non-hydrogen) atoms. The highest BCUT2D eigenvalue weighted by atomic mass is 16.4. The summed E-state index contributed by atoms with van der Waals surface area (Å²) in [6.45, 7) is 1.98. The van der Waals surface area contributed by atoms with E-state index in [0.717, 1.165) is 18.2 Å². The molecule has 5 heteroatoms. The topological polar surface area (TPSA) is 79.3 Å². The molecule has 1 unspecified atom stereocenters. The number of unbranched alkanes of at least 4 members (excludes halogenated alkanes) is 1. The van der Waals surface area contributed by atoms with Gasteiger partial charge in [-0.05, 0) is 24.6 Å². The zero-order chi connectivity index (χ0) is 15.2. The van der Waals surface area contributed by atoms with Gasteiger partial charge in [0.1, 0.15) is 6.04 Å². The number of benzene rings is 1. The van der Waals surface area contributed by atoms with E-state index >= 15 is 0 Å². The molecule has 2 aromatic rings. The lowest BCUT2D eigenvalue weighted by Gasteiger charge is -2.14. The average Bonchev–Trinajstić information content (AvgIpc) is 2.50. The second-order valence-electron chi connectivity index (χ2n) is 4.88. The molecule has 1 aromatic heterocycles. The number of carboxylic acid groups (broad SMARTS) is 1. The van der Waals surface area contributed by atoms with Crippen LogP contribution in [-0.4, -0.2) is 28.0 Å². The maximum absolute atomic E-state index is 12.3. The SMILES string of the molecule is CCCCC(NC(=O)c1cccc2ncccc12)C(=O)O. The van der Waals surface area contributed by atoms with Gasteiger partial charge in [0.2, 0.25) is 0 Å². The Labute approximate surface area is 123 Å². The van der Waals surface area contributed by atoms with Gasteiger partial charge in [-0.25, -0.2) is 4.79 Å². The predicted octanol–water partition coefficient (Wildman–Crippen LogP) is 2.61. The van der Waals surface area contributed by atoms with Crippen LogP contribution in [0.4, 0.5) is 0 Å². The molecule has 5 nitrogen and oxygen atoms in total. The number of fused-ring (bicyclic) bond motifs is 1. The van der Waals surface area contributed by atoms with Crippen molar-refractivity contribution in [2.24, 2.45) is 0 Å². The largest absolute Gasteiger partial charge is 0.480 e. The third-order valence-corrected chi connectivity index (χ3v) is 3.34. The van der Waals surface area contributed by atoms with Crippen LogP contribution < -0.4 is 5.32 Å². The van der Waals surface area contributed by atoms with Crippen molar-refractivity contribution in [3.63, 3.8) is 0 Å². The molecule has 0 aliphatic carbocycles. The molecule has 0 spiro atoms. The van der Waals surface area contributed by atoms with Crippen LogP contribution in [0, 0.1) is 0 Å². The highest BCUT2D eigenvalue weighted by molar-refractivity contribution is 6.07. The standard InChI is InChI=1S/C16H18N2O3/c1-2-3-8-14(16(20)21)18-15(19)12-6-4-9-13-11(12)7-5-10-17-13/h4-7,9-10,14H,2-3,8H2,1H3,(H,18,19)(H,20,21). The van der Waals surface area contributed by atoms with Gasteiger partial charge >= 0.3 is 5.97 Å². The minimum Gasteiger partial charge on any atom is -0.480 e. The molecule has 0 bridgehead atoms. The Kier molecular flexibility index (Phi) is 4.87. The number of rotatable bonds is 6. The normalized spacial score (nSPS) is 12.0. The number of carbonyl (C=O) groups excluding carboxylic acids is 1. The van der Waals surface area contributed by atoms with E-state index in [0.29, 0.717) is 17.5 Å². The quantitative estimate of drug-likeness (QED) is 0.855. The van der Waals surface area contributed by atoms with Gasteiger partial charge in [0, 0.05) is 17.1 Å². The minimum atomic E-state index is -1.00. The summed E-state index contributed by atoms with van der Waals surface area (Å²) in [5, 5.41) is 12.5. The van der Waals surface area contributed by atoms with Crippen molar-refractivity contribution >= 4 is 22.8 Å². The first-order valence-corrected chi connectivity index (χ1v) is 7.01. The summed E-state index contributed by atoms with van der Waals surface area (Å²) in [5.41, 5.74) is 1.16. The van der Waals surface area contributed by atoms with Crippen LogP contribution in [0.1, 0.15) is 36.5 Å². The Morgan fingerprint density at radius 2 is 2.10 bits per heavy atom. The summed E-state index contributed by atoms with van der Waals surface area (Å²) in [6.07, 6.45) is 3.73. The molecule has 1 aromatic carbocycles. The molecule has 2 rings (SSSR count). The molecule has 0 fully saturated rings. The number of aromatic nitrogens is 1. The molecule has 1 atom stereocenters. The van der Waals surface area contributed by atoms with Crippen molar-refractivity contribution < 1.29 is 14.7 Å². The first kappa shape index (κ1) is 15.0. The van der Waals surface area contributed by atoms with E-state index in [1.165, 1.54) is 0 Å². The van der Waals surface area contributed by atoms with E-state index < -0.39 is 12.0 Å². The lowest BCUT2D eigenvalue weighted by atomic mass is 10.1. The third kappa shape index (κ3) is 3.56. The van der Waals surface area contributed by atoms with Crippen LogP contribution in [0.5, 0.6) is 0 Å². The minimum absolute atomic E-state index is 0.378. The number of carboxylic acids is 1. The van der Waals surface area contributed by atoms with Crippen molar-refractivity contribution in [1.29, 1.82) is 0 Å². The van der Waals surface area contributed by atoms with Crippen LogP contribution in [0.2, 0.25) is 0 Å². The predicted molar refractivity (Wildman–Crippen MR) is 80.2 cm³/mol. The molecule has 110 valence electrons. The van der Waals surface area contributed by atoms with E-state index in [9.17, 15) is 14.7 Å². The van der Waals surface area contributed by atoms with Crippen molar-refractivity contribution in [2.75, 3.05) is 0 Å². The Balaban J connectivity index is 2.23. The van der Waals surface area contributed by atoms with E-state index in [1.807, 2.05) is 13.0 Å². The maximum Gasteiger partial charge on any atom is 0.326 e. The molecule has 2 N–H and O–H groups in total. The zero-order valence-electron chi connectivity index (χ0n) is 11.9. The number of pyridine rings is 1. The van der Waals surface area contributed by atoms with E-state index in [2.05, 4.69) is 10.3 Å². The number of carbonyl (C=O) groups is 2. The monoisotopic (exact) mass is 286 g/mol. The fraction of sp³-hybridized carbons (Fsp3) is 0.312. The van der Waals surface area contributed by atoms with Gasteiger partial charge in [-0.2, -0.15) is 0 Å². The highest BCUT2D eigenvalue weighted by Crippen LogP contribution is 2.16. The summed E-state index contributed by atoms with van der Waals surface area (Å²) in [5.74, 6) is -1.38. The first-order chi connectivity index (χ1) is 10.1. The Morgan fingerprint density at radius 3 is 2.81 bits per heavy atom. The van der Waals surface area contributed by atoms with Crippen molar-refractivity contribution in [1.82, 2.24) is 10.3 Å². The molecular formula is C16H18N2O3. The van der Waals surface area contributed by atoms with Crippen LogP contribution in [-0.2, 0) is 4.79 Å². The number of hydrogen-bond donors (Lipinski definition) is 2. The molecular weight excluding hydrogens is 268 g/mol. The van der Waals surface area contributed by atoms with Gasteiger partial charge in [0.05, 0.1) is 5.52 Å². The van der Waals surface area contributed by atoms with E-state index in [-0.39, 0.29) is 5.91 Å². The summed E-state index contributed by atoms with van der Waals surface area (Å²) in [4.78, 5) is 27.7. The van der Waals surface area contributed by atoms with Gasteiger partial charge < -0.3 is 10.4 Å². The Bertz CT molecular complexity index is 650. The molecule has 1 heterocycles. The smallest absolute Gasteiger partial charge is 0.326 e. The van der Waals surface area contributed by atoms with Crippen molar-refractivity contribution in [3.8, 4) is 0 Å². The zero-order valence-corrected chi connectivity index (χ0v) is 11.9. The van der Waals surface area contributed by atoms with Crippen LogP contribution in [0.25, 0.3) is 10.9 Å². The van der Waals surface area contributed by atoms with Gasteiger partial charge in [-0.15, -0.1) is 0 Å². The van der Waals surface area contributed by atoms with Gasteiger partial charge in [-0.3, -0.25) is 9.78 Å². The molecule has 0 saturated heterocycles. The highest BCUT2D eigenvalue weighted by Gasteiger charge is 2.20. The summed E-state index contributed by atoms with van der Waals surface area (Å²) < 4.78 is 0. The summed E-state index contributed by atoms with van der Waals surface area (Å²) in [6, 6.07) is 7.94. The Hall–Kier alpha value is -2.43. The van der Waals surface area contributed by atoms with Crippen molar-refractivity contribution in [2.45, 2.75) is 32.2 Å². The van der Waals surface area contributed by atoms with Crippen LogP contribution in [0.3, 0.4) is 0 Å². The lowest BCUT2D eigenvalue weighted by molar-refractivity contribution is -0.139. The number of nitrogens with zero attached hydrogens (tertiary/aromatic N) is 1. The van der Waals surface area contributed by atoms with Gasteiger partial charge in [0.25, 0.3) is 5.91 Å². The van der Waals surface area contributed by atoms with Gasteiger partial charge in [-0.1, -0.05) is 31.9 Å². The van der Waals surface area contributed by atoms with E-state index in [4.69, 9.17) is 0 Å². The molecule has 0 saturated carbocycles.